The molecule has 0 bridgehead atoms. The summed E-state index contributed by atoms with van der Waals surface area (Å²) in [7, 11) is -2.13. The number of benzene rings is 1. The number of allylic oxidation sites excluding steroid dienone is 1. The van der Waals surface area contributed by atoms with Crippen LogP contribution in [-0.4, -0.2) is 32.2 Å². The molecule has 0 fully saturated rings. The van der Waals surface area contributed by atoms with Crippen molar-refractivity contribution < 1.29 is 27.5 Å². The van der Waals surface area contributed by atoms with Gasteiger partial charge in [-0.25, -0.2) is 4.79 Å². The summed E-state index contributed by atoms with van der Waals surface area (Å²) in [6.07, 6.45) is -2.09. The number of carboxylic acid groups (broad SMARTS) is 1. The lowest BCUT2D eigenvalue weighted by Crippen LogP contribution is -2.47. The molecule has 2 unspecified atom stereocenters. The molecule has 0 saturated heterocycles. The van der Waals surface area contributed by atoms with Crippen LogP contribution in [0.25, 0.3) is 0 Å². The van der Waals surface area contributed by atoms with Gasteiger partial charge in [-0.05, 0) is 42.8 Å². The van der Waals surface area contributed by atoms with E-state index in [1.165, 1.54) is 12.1 Å². The molecule has 0 heterocycles. The summed E-state index contributed by atoms with van der Waals surface area (Å²) in [5, 5.41) is 11.7. The first-order chi connectivity index (χ1) is 12.7. The molecule has 1 rings (SSSR count). The molecule has 0 spiro atoms. The van der Waals surface area contributed by atoms with Gasteiger partial charge in [0, 0.05) is 5.92 Å². The third-order valence-electron chi connectivity index (χ3n) is 5.19. The Hall–Kier alpha value is -1.80. The van der Waals surface area contributed by atoms with Crippen molar-refractivity contribution in [3.05, 3.63) is 47.5 Å². The zero-order chi connectivity index (χ0) is 21.8. The molecule has 0 radical (unpaired) electrons. The second-order valence-corrected chi connectivity index (χ2v) is 13.1. The molecule has 1 amide bonds. The molecule has 4 nitrogen and oxygen atoms in total. The number of hydrogen-bond acceptors (Lipinski definition) is 2. The van der Waals surface area contributed by atoms with E-state index >= 15 is 0 Å². The fourth-order valence-corrected chi connectivity index (χ4v) is 3.52. The van der Waals surface area contributed by atoms with Crippen LogP contribution in [0.1, 0.15) is 44.7 Å². The average Bonchev–Trinajstić information content (AvgIpc) is 2.54. The average molecular weight is 418 g/mol. The van der Waals surface area contributed by atoms with Crippen LogP contribution in [0.5, 0.6) is 0 Å². The molecule has 1 aromatic rings. The number of hydrogen-bond donors (Lipinski definition) is 2. The van der Waals surface area contributed by atoms with Gasteiger partial charge in [-0.1, -0.05) is 45.1 Å². The summed E-state index contributed by atoms with van der Waals surface area (Å²) in [5.74, 6) is -0.451. The Morgan fingerprint density at radius 3 is 2.14 bits per heavy atom. The Morgan fingerprint density at radius 2 is 1.75 bits per heavy atom. The Morgan fingerprint density at radius 1 is 1.21 bits per heavy atom. The quantitative estimate of drug-likeness (QED) is 0.421. The van der Waals surface area contributed by atoms with Gasteiger partial charge in [0.05, 0.1) is 18.2 Å². The highest BCUT2D eigenvalue weighted by molar-refractivity contribution is 6.74. The van der Waals surface area contributed by atoms with Gasteiger partial charge in [-0.15, -0.1) is 0 Å². The van der Waals surface area contributed by atoms with Gasteiger partial charge >= 0.3 is 12.3 Å². The van der Waals surface area contributed by atoms with Crippen molar-refractivity contribution in [2.75, 3.05) is 6.61 Å². The van der Waals surface area contributed by atoms with Gasteiger partial charge < -0.3 is 14.8 Å². The largest absolute Gasteiger partial charge is 0.465 e. The van der Waals surface area contributed by atoms with Gasteiger partial charge in [0.1, 0.15) is 0 Å². The predicted molar refractivity (Wildman–Crippen MR) is 107 cm³/mol. The normalized spacial score (nSPS) is 15.5. The van der Waals surface area contributed by atoms with Crippen molar-refractivity contribution in [3.63, 3.8) is 0 Å². The predicted octanol–water partition coefficient (Wildman–Crippen LogP) is 6.02. The second kappa shape index (κ2) is 9.13. The minimum Gasteiger partial charge on any atom is -0.465 e. The van der Waals surface area contributed by atoms with Crippen LogP contribution in [0, 0.1) is 0 Å². The zero-order valence-electron chi connectivity index (χ0n) is 17.2. The van der Waals surface area contributed by atoms with Crippen LogP contribution in [0.4, 0.5) is 18.0 Å². The first-order valence-corrected chi connectivity index (χ1v) is 12.0. The molecular weight excluding hydrogens is 387 g/mol. The van der Waals surface area contributed by atoms with Gasteiger partial charge in [0.25, 0.3) is 0 Å². The molecule has 28 heavy (non-hydrogen) atoms. The lowest BCUT2D eigenvalue weighted by atomic mass is 9.90. The second-order valence-electron chi connectivity index (χ2n) is 8.30. The van der Waals surface area contributed by atoms with Gasteiger partial charge in [0.2, 0.25) is 0 Å². The van der Waals surface area contributed by atoms with Gasteiger partial charge in [-0.3, -0.25) is 0 Å². The molecule has 2 N–H and O–H groups in total. The summed E-state index contributed by atoms with van der Waals surface area (Å²) in [4.78, 5) is 11.3. The van der Waals surface area contributed by atoms with Crippen molar-refractivity contribution in [1.82, 2.24) is 5.32 Å². The summed E-state index contributed by atoms with van der Waals surface area (Å²) >= 11 is 0. The number of alkyl halides is 3. The maximum absolute atomic E-state index is 12.8. The molecule has 158 valence electrons. The van der Waals surface area contributed by atoms with E-state index in [1.54, 1.807) is 19.1 Å². The summed E-state index contributed by atoms with van der Waals surface area (Å²) in [6.45, 7) is 12.3. The van der Waals surface area contributed by atoms with E-state index in [2.05, 4.69) is 39.2 Å². The van der Waals surface area contributed by atoms with E-state index in [0.717, 1.165) is 12.1 Å². The third-order valence-corrected chi connectivity index (χ3v) is 9.70. The highest BCUT2D eigenvalue weighted by Crippen LogP contribution is 2.37. The van der Waals surface area contributed by atoms with E-state index in [1.807, 2.05) is 0 Å². The third kappa shape index (κ3) is 6.67. The molecule has 2 atom stereocenters. The molecule has 0 aliphatic rings. The Balaban J connectivity index is 3.17. The number of amides is 1. The van der Waals surface area contributed by atoms with Crippen LogP contribution < -0.4 is 5.32 Å². The number of halogens is 3. The minimum absolute atomic E-state index is 0.0504. The van der Waals surface area contributed by atoms with E-state index in [-0.39, 0.29) is 11.6 Å². The smallest absolute Gasteiger partial charge is 0.416 e. The van der Waals surface area contributed by atoms with Crippen molar-refractivity contribution in [1.29, 1.82) is 0 Å². The maximum Gasteiger partial charge on any atom is 0.416 e. The highest BCUT2D eigenvalue weighted by atomic mass is 28.4. The molecule has 1 aromatic carbocycles. The Kier molecular flexibility index (Phi) is 7.90. The van der Waals surface area contributed by atoms with Gasteiger partial charge in [0.15, 0.2) is 8.32 Å². The summed E-state index contributed by atoms with van der Waals surface area (Å²) < 4.78 is 44.7. The lowest BCUT2D eigenvalue weighted by molar-refractivity contribution is -0.137. The van der Waals surface area contributed by atoms with Crippen LogP contribution in [-0.2, 0) is 10.6 Å². The Labute approximate surface area is 165 Å². The molecule has 0 aromatic heterocycles. The molecule has 0 saturated carbocycles. The first-order valence-electron chi connectivity index (χ1n) is 9.12. The summed E-state index contributed by atoms with van der Waals surface area (Å²) in [6, 6.07) is 4.17. The highest BCUT2D eigenvalue weighted by Gasteiger charge is 2.38. The van der Waals surface area contributed by atoms with Crippen molar-refractivity contribution in [2.24, 2.45) is 0 Å². The van der Waals surface area contributed by atoms with E-state index in [9.17, 15) is 23.1 Å². The van der Waals surface area contributed by atoms with Crippen molar-refractivity contribution >= 4 is 14.4 Å². The molecule has 0 aliphatic carbocycles. The first kappa shape index (κ1) is 24.2. The van der Waals surface area contributed by atoms with Crippen molar-refractivity contribution in [2.45, 2.75) is 64.0 Å². The SMILES string of the molecule is CC=CC(c1ccc(C(F)(F)F)cc1)C(CO[Si](C)(C)C(C)(C)C)NC(=O)O. The molecular formula is C20H30F3NO3Si. The fourth-order valence-electron chi connectivity index (χ4n) is 2.49. The molecule has 8 heteroatoms. The van der Waals surface area contributed by atoms with Crippen LogP contribution in [0.15, 0.2) is 36.4 Å². The monoisotopic (exact) mass is 417 g/mol. The lowest BCUT2D eigenvalue weighted by Gasteiger charge is -2.38. The number of rotatable bonds is 7. The van der Waals surface area contributed by atoms with Crippen LogP contribution in [0.3, 0.4) is 0 Å². The molecule has 0 aliphatic heterocycles. The van der Waals surface area contributed by atoms with E-state index < -0.39 is 38.1 Å². The maximum atomic E-state index is 12.8. The summed E-state index contributed by atoms with van der Waals surface area (Å²) in [5.41, 5.74) is -0.153. The minimum atomic E-state index is -4.42. The zero-order valence-corrected chi connectivity index (χ0v) is 18.2. The fraction of sp³-hybridized carbons (Fsp3) is 0.550. The van der Waals surface area contributed by atoms with Crippen molar-refractivity contribution in [3.8, 4) is 0 Å². The van der Waals surface area contributed by atoms with Crippen LogP contribution in [0.2, 0.25) is 18.1 Å². The van der Waals surface area contributed by atoms with Gasteiger partial charge in [-0.2, -0.15) is 13.2 Å². The van der Waals surface area contributed by atoms with E-state index in [4.69, 9.17) is 4.43 Å². The topological polar surface area (TPSA) is 58.6 Å². The standard InChI is InChI=1S/C20H30F3NO3Si/c1-7-8-16(14-9-11-15(12-10-14)20(21,22)23)17(24-18(25)26)13-27-28(5,6)19(2,3)4/h7-12,16-17,24H,13H2,1-6H3,(H,25,26). The number of carbonyl (C=O) groups is 1. The Bertz CT molecular complexity index is 679. The number of nitrogens with one attached hydrogen (secondary N) is 1. The van der Waals surface area contributed by atoms with E-state index in [0.29, 0.717) is 5.56 Å². The van der Waals surface area contributed by atoms with Crippen LogP contribution >= 0.6 is 0 Å².